The van der Waals surface area contributed by atoms with Crippen molar-refractivity contribution in [2.24, 2.45) is 0 Å². The van der Waals surface area contributed by atoms with E-state index in [4.69, 9.17) is 0 Å². The van der Waals surface area contributed by atoms with Crippen molar-refractivity contribution in [1.29, 1.82) is 10.7 Å². The van der Waals surface area contributed by atoms with Gasteiger partial charge in [0.05, 0.1) is 18.0 Å². The number of carbonyl (C=O) groups excluding carboxylic acids is 2. The number of nitriles is 1. The van der Waals surface area contributed by atoms with E-state index >= 15 is 0 Å². The molecule has 3 aromatic carbocycles. The summed E-state index contributed by atoms with van der Waals surface area (Å²) in [6.45, 7) is 7.36. The third-order valence-electron chi connectivity index (χ3n) is 9.36. The Balaban J connectivity index is 1.59. The normalized spacial score (nSPS) is 18.4. The SMILES string of the molecule is C=C(NC)c1ccc2c(c1)CCc1cc(C(=O)NC)ccc1C2(CCNCC(=O)N1CCCC1C#N)C(=N)Nc1ccc(C)cc1. The molecule has 9 nitrogen and oxygen atoms in total. The second kappa shape index (κ2) is 14.0. The zero-order chi connectivity index (χ0) is 32.8. The number of hydrogen-bond donors (Lipinski definition) is 5. The monoisotopic (exact) mass is 617 g/mol. The average molecular weight is 618 g/mol. The van der Waals surface area contributed by atoms with E-state index in [9.17, 15) is 20.3 Å². The lowest BCUT2D eigenvalue weighted by Crippen LogP contribution is -2.45. The fraction of sp³-hybridized carbons (Fsp3) is 0.351. The highest BCUT2D eigenvalue weighted by molar-refractivity contribution is 6.05. The van der Waals surface area contributed by atoms with Gasteiger partial charge in [0.25, 0.3) is 5.91 Å². The van der Waals surface area contributed by atoms with Gasteiger partial charge in [0.1, 0.15) is 11.9 Å². The lowest BCUT2D eigenvalue weighted by atomic mass is 9.68. The van der Waals surface area contributed by atoms with Crippen LogP contribution in [0, 0.1) is 23.7 Å². The van der Waals surface area contributed by atoms with Gasteiger partial charge in [0.2, 0.25) is 5.91 Å². The highest BCUT2D eigenvalue weighted by atomic mass is 16.2. The number of rotatable bonds is 10. The molecule has 0 radical (unpaired) electrons. The van der Waals surface area contributed by atoms with E-state index in [1.807, 2.05) is 62.5 Å². The number of hydrogen-bond acceptors (Lipinski definition) is 6. The van der Waals surface area contributed by atoms with Crippen LogP contribution in [0.25, 0.3) is 5.70 Å². The molecule has 1 aliphatic heterocycles. The first kappa shape index (κ1) is 32.5. The number of carbonyl (C=O) groups is 2. The van der Waals surface area contributed by atoms with E-state index in [0.29, 0.717) is 43.8 Å². The van der Waals surface area contributed by atoms with E-state index in [-0.39, 0.29) is 24.4 Å². The molecule has 0 saturated carbocycles. The molecule has 1 saturated heterocycles. The van der Waals surface area contributed by atoms with Crippen LogP contribution in [0.2, 0.25) is 0 Å². The zero-order valence-electron chi connectivity index (χ0n) is 26.9. The molecule has 0 aromatic heterocycles. The first-order valence-electron chi connectivity index (χ1n) is 15.9. The number of benzene rings is 3. The van der Waals surface area contributed by atoms with Gasteiger partial charge in [-0.3, -0.25) is 15.0 Å². The molecule has 0 spiro atoms. The average Bonchev–Trinajstić information content (AvgIpc) is 3.52. The summed E-state index contributed by atoms with van der Waals surface area (Å²) in [5, 5.41) is 31.9. The second-order valence-corrected chi connectivity index (χ2v) is 12.1. The Hall–Kier alpha value is -4.94. The molecule has 46 heavy (non-hydrogen) atoms. The molecule has 2 aliphatic rings. The van der Waals surface area contributed by atoms with Gasteiger partial charge >= 0.3 is 0 Å². The Morgan fingerprint density at radius 1 is 1.00 bits per heavy atom. The van der Waals surface area contributed by atoms with Gasteiger partial charge in [0, 0.05) is 37.6 Å². The summed E-state index contributed by atoms with van der Waals surface area (Å²) < 4.78 is 0. The lowest BCUT2D eigenvalue weighted by molar-refractivity contribution is -0.130. The molecule has 1 fully saturated rings. The Labute approximate surface area is 271 Å². The van der Waals surface area contributed by atoms with E-state index < -0.39 is 5.41 Å². The molecule has 9 heteroatoms. The highest BCUT2D eigenvalue weighted by Crippen LogP contribution is 2.44. The third kappa shape index (κ3) is 6.40. The maximum Gasteiger partial charge on any atom is 0.251 e. The quantitative estimate of drug-likeness (QED) is 0.129. The number of aryl methyl sites for hydroxylation is 3. The van der Waals surface area contributed by atoms with Crippen LogP contribution in [-0.4, -0.2) is 62.3 Å². The van der Waals surface area contributed by atoms with Crippen LogP contribution in [-0.2, 0) is 23.1 Å². The summed E-state index contributed by atoms with van der Waals surface area (Å²) in [6, 6.07) is 21.9. The molecule has 1 aliphatic carbocycles. The molecule has 3 aromatic rings. The smallest absolute Gasteiger partial charge is 0.251 e. The Morgan fingerprint density at radius 2 is 1.65 bits per heavy atom. The minimum atomic E-state index is -0.925. The topological polar surface area (TPSA) is 133 Å². The fourth-order valence-corrected chi connectivity index (χ4v) is 6.79. The number of anilines is 1. The van der Waals surface area contributed by atoms with Crippen molar-refractivity contribution in [3.05, 3.63) is 106 Å². The molecule has 1 heterocycles. The third-order valence-corrected chi connectivity index (χ3v) is 9.36. The van der Waals surface area contributed by atoms with Gasteiger partial charge in [-0.1, -0.05) is 42.5 Å². The fourth-order valence-electron chi connectivity index (χ4n) is 6.79. The van der Waals surface area contributed by atoms with Crippen LogP contribution in [0.4, 0.5) is 5.69 Å². The number of amides is 2. The number of amidine groups is 1. The summed E-state index contributed by atoms with van der Waals surface area (Å²) in [5.74, 6) is 0.0669. The minimum absolute atomic E-state index is 0.0851. The van der Waals surface area contributed by atoms with Gasteiger partial charge in [-0.15, -0.1) is 0 Å². The first-order chi connectivity index (χ1) is 22.2. The van der Waals surface area contributed by atoms with Crippen LogP contribution >= 0.6 is 0 Å². The zero-order valence-corrected chi connectivity index (χ0v) is 26.9. The molecule has 2 atom stereocenters. The molecular formula is C37H43N7O2. The van der Waals surface area contributed by atoms with Crippen LogP contribution < -0.4 is 21.3 Å². The number of nitrogens with one attached hydrogen (secondary N) is 5. The predicted molar refractivity (Wildman–Crippen MR) is 183 cm³/mol. The molecular weight excluding hydrogens is 574 g/mol. The first-order valence-corrected chi connectivity index (χ1v) is 15.9. The standard InChI is InChI=1S/C37H43N7O2/c1-24-7-13-30(14-8-24)43-36(39)37(17-18-42-23-34(45)44-19-5-6-31(44)22-38)32-15-11-26(25(2)40-3)20-27(32)9-10-28-21-29(35(46)41-4)12-16-33(28)37/h7-8,11-16,20-21,31,40,42H,2,5-6,9-10,17-19,23H2,1,3-4H3,(H2,39,43)(H,41,46). The number of likely N-dealkylation sites (tertiary alicyclic amines) is 1. The second-order valence-electron chi connectivity index (χ2n) is 12.1. The van der Waals surface area contributed by atoms with Crippen molar-refractivity contribution in [2.45, 2.75) is 50.5 Å². The van der Waals surface area contributed by atoms with E-state index in [2.05, 4.69) is 46.0 Å². The minimum Gasteiger partial charge on any atom is -0.388 e. The van der Waals surface area contributed by atoms with Crippen molar-refractivity contribution >= 4 is 29.0 Å². The van der Waals surface area contributed by atoms with Gasteiger partial charge in [-0.25, -0.2) is 0 Å². The van der Waals surface area contributed by atoms with Crippen molar-refractivity contribution in [2.75, 3.05) is 39.0 Å². The summed E-state index contributed by atoms with van der Waals surface area (Å²) in [6.07, 6.45) is 3.44. The van der Waals surface area contributed by atoms with E-state index in [1.165, 1.54) is 0 Å². The summed E-state index contributed by atoms with van der Waals surface area (Å²) in [7, 11) is 3.48. The van der Waals surface area contributed by atoms with Gasteiger partial charge in [-0.05, 0) is 104 Å². The molecule has 2 unspecified atom stereocenters. The van der Waals surface area contributed by atoms with Gasteiger partial charge in [0.15, 0.2) is 0 Å². The number of nitrogens with zero attached hydrogens (tertiary/aromatic N) is 2. The largest absolute Gasteiger partial charge is 0.388 e. The van der Waals surface area contributed by atoms with Crippen LogP contribution in [0.15, 0.2) is 67.2 Å². The molecule has 2 amide bonds. The van der Waals surface area contributed by atoms with Crippen LogP contribution in [0.1, 0.15) is 63.0 Å². The van der Waals surface area contributed by atoms with Crippen molar-refractivity contribution < 1.29 is 9.59 Å². The Morgan fingerprint density at radius 3 is 2.28 bits per heavy atom. The van der Waals surface area contributed by atoms with Gasteiger partial charge < -0.3 is 26.2 Å². The summed E-state index contributed by atoms with van der Waals surface area (Å²) in [5.41, 5.74) is 7.45. The molecule has 0 bridgehead atoms. The maximum atomic E-state index is 13.1. The molecule has 5 N–H and O–H groups in total. The van der Waals surface area contributed by atoms with Gasteiger partial charge in [-0.2, -0.15) is 5.26 Å². The van der Waals surface area contributed by atoms with E-state index in [1.54, 1.807) is 11.9 Å². The van der Waals surface area contributed by atoms with E-state index in [0.717, 1.165) is 57.6 Å². The molecule has 5 rings (SSSR count). The predicted octanol–water partition coefficient (Wildman–Crippen LogP) is 4.51. The van der Waals surface area contributed by atoms with Crippen molar-refractivity contribution in [1.82, 2.24) is 20.9 Å². The summed E-state index contributed by atoms with van der Waals surface area (Å²) in [4.78, 5) is 27.4. The highest BCUT2D eigenvalue weighted by Gasteiger charge is 2.43. The molecule has 238 valence electrons. The summed E-state index contributed by atoms with van der Waals surface area (Å²) >= 11 is 0. The Kier molecular flexibility index (Phi) is 9.88. The lowest BCUT2D eigenvalue weighted by Gasteiger charge is -2.38. The maximum absolute atomic E-state index is 13.1. The van der Waals surface area contributed by atoms with Crippen LogP contribution in [0.3, 0.4) is 0 Å². The number of fused-ring (bicyclic) bond motifs is 2. The van der Waals surface area contributed by atoms with Crippen molar-refractivity contribution in [3.63, 3.8) is 0 Å². The Bertz CT molecular complexity index is 1620. The van der Waals surface area contributed by atoms with Crippen molar-refractivity contribution in [3.8, 4) is 6.07 Å². The van der Waals surface area contributed by atoms with Crippen LogP contribution in [0.5, 0.6) is 0 Å².